The molecule has 1 aromatic heterocycles. The van der Waals surface area contributed by atoms with Crippen molar-refractivity contribution >= 4 is 0 Å². The van der Waals surface area contributed by atoms with Crippen LogP contribution in [-0.2, 0) is 0 Å². The van der Waals surface area contributed by atoms with Gasteiger partial charge >= 0.3 is 11.4 Å². The maximum Gasteiger partial charge on any atom is 0.352 e. The van der Waals surface area contributed by atoms with Crippen LogP contribution in [0.4, 0.5) is 0 Å². The van der Waals surface area contributed by atoms with E-state index in [4.69, 9.17) is 0 Å². The van der Waals surface area contributed by atoms with Crippen LogP contribution in [0.3, 0.4) is 0 Å². The van der Waals surface area contributed by atoms with Gasteiger partial charge in [-0.2, -0.15) is 0 Å². The van der Waals surface area contributed by atoms with Crippen LogP contribution < -0.4 is 11.4 Å². The predicted octanol–water partition coefficient (Wildman–Crippen LogP) is 3.36. The maximum atomic E-state index is 13.4. The Morgan fingerprint density at radius 2 is 1.30 bits per heavy atom. The molecule has 0 amide bonds. The Kier molecular flexibility index (Phi) is 2.66. The van der Waals surface area contributed by atoms with Gasteiger partial charge in [0.1, 0.15) is 0 Å². The van der Waals surface area contributed by atoms with Gasteiger partial charge in [0.2, 0.25) is 0 Å². The number of aromatic nitrogens is 3. The second-order valence-electron chi connectivity index (χ2n) is 8.77. The minimum atomic E-state index is -0.223. The van der Waals surface area contributed by atoms with Gasteiger partial charge in [-0.25, -0.2) is 23.5 Å². The second kappa shape index (κ2) is 4.64. The lowest BCUT2D eigenvalue weighted by molar-refractivity contribution is -0.0584. The van der Waals surface area contributed by atoms with Gasteiger partial charge in [0, 0.05) is 10.8 Å². The Labute approximate surface area is 157 Å². The maximum absolute atomic E-state index is 13.4. The Morgan fingerprint density at radius 3 is 1.78 bits per heavy atom. The van der Waals surface area contributed by atoms with E-state index in [1.54, 1.807) is 20.5 Å². The SMILES string of the molecule is C[C@@]12C3=C(CCCC3)[C@]1(C)[C@@H]1C=C[C@@H]2n2c(=O)n(-c3ccccc3)c(=O)n21. The molecule has 2 aliphatic heterocycles. The number of allylic oxidation sites excluding steroid dienone is 4. The van der Waals surface area contributed by atoms with Crippen molar-refractivity contribution in [1.29, 1.82) is 0 Å². The lowest BCUT2D eigenvalue weighted by atomic mass is 9.38. The van der Waals surface area contributed by atoms with E-state index in [1.165, 1.54) is 17.4 Å². The molecule has 0 saturated heterocycles. The van der Waals surface area contributed by atoms with Crippen molar-refractivity contribution in [3.63, 3.8) is 0 Å². The summed E-state index contributed by atoms with van der Waals surface area (Å²) in [6.45, 7) is 4.64. The molecular weight excluding hydrogens is 338 g/mol. The van der Waals surface area contributed by atoms with E-state index in [1.807, 2.05) is 30.3 Å². The first kappa shape index (κ1) is 15.5. The molecule has 0 fully saturated rings. The van der Waals surface area contributed by atoms with Crippen molar-refractivity contribution in [2.45, 2.75) is 51.6 Å². The van der Waals surface area contributed by atoms with E-state index in [0.717, 1.165) is 12.8 Å². The molecule has 2 bridgehead atoms. The zero-order chi connectivity index (χ0) is 18.6. The lowest BCUT2D eigenvalue weighted by Crippen LogP contribution is -2.66. The van der Waals surface area contributed by atoms with Crippen LogP contribution >= 0.6 is 0 Å². The number of para-hydroxylation sites is 1. The lowest BCUT2D eigenvalue weighted by Gasteiger charge is -2.69. The molecule has 0 N–H and O–H groups in total. The number of nitrogens with zero attached hydrogens (tertiary/aromatic N) is 3. The first-order valence-corrected chi connectivity index (χ1v) is 9.94. The van der Waals surface area contributed by atoms with E-state index in [-0.39, 0.29) is 34.3 Å². The highest BCUT2D eigenvalue weighted by Crippen LogP contribution is 2.75. The average Bonchev–Trinajstić information content (AvgIpc) is 2.97. The van der Waals surface area contributed by atoms with Crippen LogP contribution in [-0.4, -0.2) is 13.9 Å². The molecule has 0 unspecified atom stereocenters. The fourth-order valence-corrected chi connectivity index (χ4v) is 6.61. The van der Waals surface area contributed by atoms with Gasteiger partial charge in [0.05, 0.1) is 17.8 Å². The normalized spacial score (nSPS) is 35.5. The summed E-state index contributed by atoms with van der Waals surface area (Å²) >= 11 is 0. The van der Waals surface area contributed by atoms with Gasteiger partial charge in [-0.05, 0) is 37.8 Å². The fourth-order valence-electron chi connectivity index (χ4n) is 6.61. The first-order valence-electron chi connectivity index (χ1n) is 9.94. The van der Waals surface area contributed by atoms with Crippen LogP contribution in [0.5, 0.6) is 0 Å². The van der Waals surface area contributed by atoms with E-state index in [9.17, 15) is 9.59 Å². The third-order valence-electron chi connectivity index (χ3n) is 8.01. The molecule has 3 aliphatic carbocycles. The van der Waals surface area contributed by atoms with Gasteiger partial charge in [0.15, 0.2) is 0 Å². The summed E-state index contributed by atoms with van der Waals surface area (Å²) in [4.78, 5) is 26.7. The molecular formula is C22H23N3O2. The first-order chi connectivity index (χ1) is 13.0. The topological polar surface area (TPSA) is 48.9 Å². The molecule has 3 heterocycles. The van der Waals surface area contributed by atoms with E-state index in [0.29, 0.717) is 5.69 Å². The standard InChI is InChI=1S/C22H23N3O2/c1-21-15-10-6-7-11-16(15)22(21,2)18-13-12-17(21)24-19(26)23(20(27)25(18)24)14-8-4-3-5-9-14/h3-5,8-9,12-13,17-18H,6-7,10-11H2,1-2H3/t17-,18-,21-,22+/m0/s1. The van der Waals surface area contributed by atoms with Gasteiger partial charge in [-0.3, -0.25) is 0 Å². The van der Waals surface area contributed by atoms with Gasteiger partial charge < -0.3 is 0 Å². The van der Waals surface area contributed by atoms with Crippen LogP contribution in [0.15, 0.2) is 63.2 Å². The average molecular weight is 361 g/mol. The third kappa shape index (κ3) is 1.44. The monoisotopic (exact) mass is 361 g/mol. The highest BCUT2D eigenvalue weighted by Gasteiger charge is 2.70. The molecule has 27 heavy (non-hydrogen) atoms. The van der Waals surface area contributed by atoms with Crippen molar-refractivity contribution in [1.82, 2.24) is 13.9 Å². The number of rotatable bonds is 1. The summed E-state index contributed by atoms with van der Waals surface area (Å²) < 4.78 is 4.81. The summed E-state index contributed by atoms with van der Waals surface area (Å²) in [6, 6.07) is 9.10. The van der Waals surface area contributed by atoms with Gasteiger partial charge in [-0.15, -0.1) is 0 Å². The van der Waals surface area contributed by atoms with Crippen molar-refractivity contribution in [2.75, 3.05) is 0 Å². The van der Waals surface area contributed by atoms with Crippen LogP contribution in [0.25, 0.3) is 5.69 Å². The van der Waals surface area contributed by atoms with Gasteiger partial charge in [-0.1, -0.05) is 55.3 Å². The predicted molar refractivity (Wildman–Crippen MR) is 103 cm³/mol. The van der Waals surface area contributed by atoms with E-state index < -0.39 is 0 Å². The second-order valence-corrected chi connectivity index (χ2v) is 8.77. The molecule has 5 nitrogen and oxygen atoms in total. The molecule has 0 spiro atoms. The molecule has 1 aromatic carbocycles. The van der Waals surface area contributed by atoms with E-state index >= 15 is 0 Å². The Balaban J connectivity index is 1.65. The smallest absolute Gasteiger partial charge is 0.245 e. The fraction of sp³-hybridized carbons (Fsp3) is 0.455. The summed E-state index contributed by atoms with van der Waals surface area (Å²) in [5, 5.41) is 0. The minimum Gasteiger partial charge on any atom is -0.245 e. The highest BCUT2D eigenvalue weighted by atomic mass is 16.2. The largest absolute Gasteiger partial charge is 0.352 e. The quantitative estimate of drug-likeness (QED) is 0.731. The molecule has 5 aliphatic rings. The van der Waals surface area contributed by atoms with Crippen molar-refractivity contribution in [3.05, 3.63) is 74.6 Å². The number of hydrogen-bond donors (Lipinski definition) is 0. The zero-order valence-electron chi connectivity index (χ0n) is 15.7. The van der Waals surface area contributed by atoms with Crippen LogP contribution in [0, 0.1) is 10.8 Å². The molecule has 7 rings (SSSR count). The molecule has 5 heteroatoms. The van der Waals surface area contributed by atoms with Crippen LogP contribution in [0.1, 0.15) is 51.6 Å². The summed E-state index contributed by atoms with van der Waals surface area (Å²) in [5.41, 5.74) is 3.16. The Hall–Kier alpha value is -2.56. The summed E-state index contributed by atoms with van der Waals surface area (Å²) in [5.74, 6) is 0. The van der Waals surface area contributed by atoms with Crippen molar-refractivity contribution < 1.29 is 0 Å². The summed E-state index contributed by atoms with van der Waals surface area (Å²) in [7, 11) is 0. The van der Waals surface area contributed by atoms with Crippen LogP contribution in [0.2, 0.25) is 0 Å². The molecule has 0 radical (unpaired) electrons. The van der Waals surface area contributed by atoms with Crippen molar-refractivity contribution in [3.8, 4) is 5.69 Å². The van der Waals surface area contributed by atoms with E-state index in [2.05, 4.69) is 26.0 Å². The molecule has 4 atom stereocenters. The summed E-state index contributed by atoms with van der Waals surface area (Å²) in [6.07, 6.45) is 9.08. The number of hydrogen-bond acceptors (Lipinski definition) is 2. The zero-order valence-corrected chi connectivity index (χ0v) is 15.7. The van der Waals surface area contributed by atoms with Crippen molar-refractivity contribution in [2.24, 2.45) is 10.8 Å². The molecule has 2 aromatic rings. The Bertz CT molecular complexity index is 1090. The minimum absolute atomic E-state index is 0.0681. The Morgan fingerprint density at radius 1 is 0.815 bits per heavy atom. The third-order valence-corrected chi connectivity index (χ3v) is 8.01. The van der Waals surface area contributed by atoms with Gasteiger partial charge in [0.25, 0.3) is 0 Å². The molecule has 0 saturated carbocycles. The number of benzene rings is 1. The highest BCUT2D eigenvalue weighted by molar-refractivity contribution is 5.51. The molecule has 138 valence electrons.